The van der Waals surface area contributed by atoms with Crippen LogP contribution in [0.1, 0.15) is 39.2 Å². The average Bonchev–Trinajstić information content (AvgIpc) is 3.55. The molecule has 9 nitrogen and oxygen atoms in total. The first-order valence-electron chi connectivity index (χ1n) is 12.4. The summed E-state index contributed by atoms with van der Waals surface area (Å²) in [6.07, 6.45) is 2.26. The minimum Gasteiger partial charge on any atom is -0.376 e. The molecule has 1 aromatic carbocycles. The summed E-state index contributed by atoms with van der Waals surface area (Å²) in [5.41, 5.74) is 3.06. The van der Waals surface area contributed by atoms with Crippen molar-refractivity contribution in [3.8, 4) is 11.3 Å². The van der Waals surface area contributed by atoms with Crippen molar-refractivity contribution >= 4 is 33.3 Å². The monoisotopic (exact) mass is 497 g/mol. The highest BCUT2D eigenvalue weighted by Gasteiger charge is 2.27. The minimum atomic E-state index is -0.138. The van der Waals surface area contributed by atoms with E-state index < -0.39 is 0 Å². The number of piperazine rings is 1. The zero-order chi connectivity index (χ0) is 24.6. The lowest BCUT2D eigenvalue weighted by atomic mass is 10.1. The third-order valence-corrected chi connectivity index (χ3v) is 7.29. The minimum absolute atomic E-state index is 0.00597. The molecule has 2 fully saturated rings. The lowest BCUT2D eigenvalue weighted by Gasteiger charge is -2.34. The maximum Gasteiger partial charge on any atom is 0.317 e. The van der Waals surface area contributed by atoms with Gasteiger partial charge in [-0.05, 0) is 46.6 Å². The summed E-state index contributed by atoms with van der Waals surface area (Å²) in [6.45, 7) is 12.7. The number of hydrogen-bond donors (Lipinski definition) is 2. The van der Waals surface area contributed by atoms with Crippen LogP contribution in [0.5, 0.6) is 0 Å². The summed E-state index contributed by atoms with van der Waals surface area (Å²) in [5.74, 6) is 0.910. The van der Waals surface area contributed by atoms with E-state index in [-0.39, 0.29) is 17.7 Å². The third kappa shape index (κ3) is 5.38. The van der Waals surface area contributed by atoms with Gasteiger partial charge in [0.15, 0.2) is 5.82 Å². The van der Waals surface area contributed by atoms with Gasteiger partial charge >= 0.3 is 6.03 Å². The summed E-state index contributed by atoms with van der Waals surface area (Å²) in [6, 6.07) is 8.40. The summed E-state index contributed by atoms with van der Waals surface area (Å²) in [4.78, 5) is 22.5. The molecule has 1 atom stereocenters. The summed E-state index contributed by atoms with van der Waals surface area (Å²) in [7, 11) is 0. The van der Waals surface area contributed by atoms with E-state index in [1.165, 1.54) is 5.56 Å². The van der Waals surface area contributed by atoms with Gasteiger partial charge in [-0.15, -0.1) is 5.10 Å². The second-order valence-electron chi connectivity index (χ2n) is 10.4. The number of aryl methyl sites for hydroxylation is 1. The molecule has 5 rings (SSSR count). The first-order valence-corrected chi connectivity index (χ1v) is 13.2. The van der Waals surface area contributed by atoms with Gasteiger partial charge in [-0.25, -0.2) is 9.78 Å². The number of aromatic nitrogens is 3. The first kappa shape index (κ1) is 23.9. The molecule has 0 radical (unpaired) electrons. The third-order valence-electron chi connectivity index (χ3n) is 6.32. The zero-order valence-corrected chi connectivity index (χ0v) is 21.8. The molecule has 2 N–H and O–H groups in total. The topological polar surface area (TPSA) is 87.0 Å². The molecule has 0 aliphatic carbocycles. The fourth-order valence-corrected chi connectivity index (χ4v) is 5.50. The smallest absolute Gasteiger partial charge is 0.317 e. The van der Waals surface area contributed by atoms with E-state index >= 15 is 0 Å². The van der Waals surface area contributed by atoms with Crippen molar-refractivity contribution in [3.05, 3.63) is 29.8 Å². The SMILES string of the molecule is Cc1cccc(-c2nc3sc(N4CCN(C(=O)NCC5CCCO5)CC4)nn3c2NC(C)(C)C)c1. The lowest BCUT2D eigenvalue weighted by Crippen LogP contribution is -2.52. The van der Waals surface area contributed by atoms with Crippen molar-refractivity contribution < 1.29 is 9.53 Å². The summed E-state index contributed by atoms with van der Waals surface area (Å²) < 4.78 is 7.54. The highest BCUT2D eigenvalue weighted by Crippen LogP contribution is 2.35. The molecular weight excluding hydrogens is 462 g/mol. The van der Waals surface area contributed by atoms with Crippen LogP contribution in [-0.4, -0.2) is 76.5 Å². The van der Waals surface area contributed by atoms with E-state index in [0.717, 1.165) is 59.7 Å². The number of fused-ring (bicyclic) bond motifs is 1. The number of urea groups is 1. The van der Waals surface area contributed by atoms with Crippen LogP contribution < -0.4 is 15.5 Å². The Labute approximate surface area is 210 Å². The molecule has 2 aromatic heterocycles. The maximum atomic E-state index is 12.6. The molecule has 0 spiro atoms. The molecule has 2 aliphatic heterocycles. The largest absolute Gasteiger partial charge is 0.376 e. The maximum absolute atomic E-state index is 12.6. The number of anilines is 2. The van der Waals surface area contributed by atoms with Crippen molar-refractivity contribution in [2.45, 2.75) is 52.2 Å². The molecule has 4 heterocycles. The second kappa shape index (κ2) is 9.66. The Hall–Kier alpha value is -2.85. The predicted molar refractivity (Wildman–Crippen MR) is 141 cm³/mol. The number of nitrogens with one attached hydrogen (secondary N) is 2. The molecule has 1 unspecified atom stereocenters. The van der Waals surface area contributed by atoms with E-state index in [1.807, 2.05) is 9.42 Å². The molecule has 2 saturated heterocycles. The fourth-order valence-electron chi connectivity index (χ4n) is 4.55. The lowest BCUT2D eigenvalue weighted by molar-refractivity contribution is 0.108. The Kier molecular flexibility index (Phi) is 6.59. The number of nitrogens with zero attached hydrogens (tertiary/aromatic N) is 5. The highest BCUT2D eigenvalue weighted by molar-refractivity contribution is 7.20. The van der Waals surface area contributed by atoms with Crippen LogP contribution >= 0.6 is 11.3 Å². The Morgan fingerprint density at radius 1 is 1.23 bits per heavy atom. The van der Waals surface area contributed by atoms with Gasteiger partial charge in [0, 0.05) is 50.4 Å². The molecular formula is C25H35N7O2S. The normalized spacial score (nSPS) is 18.9. The first-order chi connectivity index (χ1) is 16.8. The van der Waals surface area contributed by atoms with Gasteiger partial charge in [-0.3, -0.25) is 0 Å². The number of rotatable bonds is 5. The van der Waals surface area contributed by atoms with Crippen LogP contribution in [0, 0.1) is 6.92 Å². The molecule has 10 heteroatoms. The quantitative estimate of drug-likeness (QED) is 0.554. The molecule has 0 bridgehead atoms. The van der Waals surface area contributed by atoms with Crippen LogP contribution in [-0.2, 0) is 4.74 Å². The second-order valence-corrected chi connectivity index (χ2v) is 11.4. The van der Waals surface area contributed by atoms with Crippen molar-refractivity contribution in [2.75, 3.05) is 49.5 Å². The summed E-state index contributed by atoms with van der Waals surface area (Å²) >= 11 is 1.59. The van der Waals surface area contributed by atoms with Gasteiger partial charge in [0.2, 0.25) is 10.1 Å². The zero-order valence-electron chi connectivity index (χ0n) is 21.0. The van der Waals surface area contributed by atoms with Gasteiger partial charge in [-0.1, -0.05) is 35.1 Å². The van der Waals surface area contributed by atoms with Crippen LogP contribution in [0.4, 0.5) is 15.7 Å². The molecule has 188 valence electrons. The van der Waals surface area contributed by atoms with Crippen molar-refractivity contribution in [1.82, 2.24) is 24.8 Å². The van der Waals surface area contributed by atoms with Crippen LogP contribution in [0.25, 0.3) is 16.2 Å². The van der Waals surface area contributed by atoms with E-state index in [4.69, 9.17) is 14.8 Å². The van der Waals surface area contributed by atoms with Gasteiger partial charge < -0.3 is 25.2 Å². The Morgan fingerprint density at radius 2 is 2.03 bits per heavy atom. The number of imidazole rings is 1. The fraction of sp³-hybridized carbons (Fsp3) is 0.560. The number of hydrogen-bond acceptors (Lipinski definition) is 7. The van der Waals surface area contributed by atoms with Gasteiger partial charge in [0.1, 0.15) is 5.69 Å². The van der Waals surface area contributed by atoms with E-state index in [9.17, 15) is 4.79 Å². The molecule has 3 aromatic rings. The van der Waals surface area contributed by atoms with Crippen molar-refractivity contribution in [3.63, 3.8) is 0 Å². The molecule has 2 aliphatic rings. The highest BCUT2D eigenvalue weighted by atomic mass is 32.1. The Morgan fingerprint density at radius 3 is 2.71 bits per heavy atom. The molecule has 2 amide bonds. The van der Waals surface area contributed by atoms with Crippen molar-refractivity contribution in [2.24, 2.45) is 0 Å². The van der Waals surface area contributed by atoms with Crippen LogP contribution in [0.2, 0.25) is 0 Å². The van der Waals surface area contributed by atoms with Gasteiger partial charge in [0.25, 0.3) is 0 Å². The Bertz CT molecular complexity index is 1180. The molecule has 0 saturated carbocycles. The van der Waals surface area contributed by atoms with Gasteiger partial charge in [0.05, 0.1) is 6.10 Å². The average molecular weight is 498 g/mol. The molecule has 35 heavy (non-hydrogen) atoms. The van der Waals surface area contributed by atoms with Crippen molar-refractivity contribution in [1.29, 1.82) is 0 Å². The van der Waals surface area contributed by atoms with Gasteiger partial charge in [-0.2, -0.15) is 4.52 Å². The number of carbonyl (C=O) groups excluding carboxylic acids is 1. The summed E-state index contributed by atoms with van der Waals surface area (Å²) in [5, 5.41) is 12.5. The van der Waals surface area contributed by atoms with E-state index in [1.54, 1.807) is 11.3 Å². The van der Waals surface area contributed by atoms with Crippen LogP contribution in [0.3, 0.4) is 0 Å². The standard InChI is InChI=1S/C25H35N7O2S/c1-17-7-5-8-18(15-17)20-21(28-25(2,3)4)32-23(27-20)35-24(29-32)31-12-10-30(11-13-31)22(33)26-16-19-9-6-14-34-19/h5,7-8,15,19,28H,6,9-14,16H2,1-4H3,(H,26,33). The Balaban J connectivity index is 1.30. The van der Waals surface area contributed by atoms with Crippen LogP contribution in [0.15, 0.2) is 24.3 Å². The number of benzene rings is 1. The van der Waals surface area contributed by atoms with E-state index in [2.05, 4.69) is 67.5 Å². The predicted octanol–water partition coefficient (Wildman–Crippen LogP) is 3.99. The number of carbonyl (C=O) groups is 1. The van der Waals surface area contributed by atoms with E-state index in [0.29, 0.717) is 19.6 Å². The number of amides is 2. The number of ether oxygens (including phenoxy) is 1.